The summed E-state index contributed by atoms with van der Waals surface area (Å²) in [4.78, 5) is 17.9. The van der Waals surface area contributed by atoms with Crippen LogP contribution < -0.4 is 0 Å². The van der Waals surface area contributed by atoms with Gasteiger partial charge in [0.15, 0.2) is 5.16 Å². The lowest BCUT2D eigenvalue weighted by molar-refractivity contribution is -0.133. The van der Waals surface area contributed by atoms with Gasteiger partial charge in [0.05, 0.1) is 11.4 Å². The van der Waals surface area contributed by atoms with E-state index in [4.69, 9.17) is 5.11 Å². The molecule has 1 aromatic rings. The lowest BCUT2D eigenvalue weighted by atomic mass is 10.3. The molecule has 0 aliphatic carbocycles. The Bertz CT molecular complexity index is 328. The van der Waals surface area contributed by atoms with E-state index >= 15 is 0 Å². The highest BCUT2D eigenvalue weighted by atomic mass is 32.2. The molecule has 0 fully saturated rings. The number of nitrogens with zero attached hydrogens (tertiary/aromatic N) is 1. The highest BCUT2D eigenvalue weighted by Crippen LogP contribution is 2.25. The van der Waals surface area contributed by atoms with E-state index in [1.807, 2.05) is 11.8 Å². The topological polar surface area (TPSA) is 66.0 Å². The first kappa shape index (κ1) is 9.92. The number of hydrogen-bond acceptors (Lipinski definition) is 4. The van der Waals surface area contributed by atoms with Crippen LogP contribution in [-0.2, 0) is 17.0 Å². The number of aromatic amines is 1. The lowest BCUT2D eigenvalue weighted by Crippen LogP contribution is -2.00. The van der Waals surface area contributed by atoms with Gasteiger partial charge < -0.3 is 10.1 Å². The van der Waals surface area contributed by atoms with E-state index in [9.17, 15) is 4.79 Å². The third kappa shape index (κ3) is 2.24. The number of carboxylic acid groups (broad SMARTS) is 1. The Kier molecular flexibility index (Phi) is 3.02. The summed E-state index contributed by atoms with van der Waals surface area (Å²) in [5.41, 5.74) is 2.27. The van der Waals surface area contributed by atoms with Crippen LogP contribution in [0.15, 0.2) is 5.16 Å². The first-order chi connectivity index (χ1) is 6.75. The Morgan fingerprint density at radius 1 is 1.71 bits per heavy atom. The van der Waals surface area contributed by atoms with Crippen LogP contribution in [0.5, 0.6) is 0 Å². The van der Waals surface area contributed by atoms with E-state index in [0.29, 0.717) is 0 Å². The van der Waals surface area contributed by atoms with Gasteiger partial charge in [0.25, 0.3) is 0 Å². The zero-order valence-corrected chi connectivity index (χ0v) is 9.08. The summed E-state index contributed by atoms with van der Waals surface area (Å²) in [6, 6.07) is 0. The number of rotatable bonds is 3. The molecule has 0 aromatic carbocycles. The van der Waals surface area contributed by atoms with Crippen molar-refractivity contribution in [2.75, 3.05) is 11.5 Å². The zero-order chi connectivity index (χ0) is 9.97. The van der Waals surface area contributed by atoms with Gasteiger partial charge in [-0.05, 0) is 5.75 Å². The molecule has 2 heterocycles. The Hall–Kier alpha value is -0.620. The fraction of sp³-hybridized carbons (Fsp3) is 0.500. The van der Waals surface area contributed by atoms with Crippen molar-refractivity contribution in [3.8, 4) is 0 Å². The summed E-state index contributed by atoms with van der Waals surface area (Å²) in [6.45, 7) is 0. The Labute approximate surface area is 89.9 Å². The van der Waals surface area contributed by atoms with Gasteiger partial charge in [-0.1, -0.05) is 11.8 Å². The minimum atomic E-state index is -0.807. The number of H-pyrrole nitrogens is 1. The second-order valence-corrected chi connectivity index (χ2v) is 5.02. The molecule has 2 N–H and O–H groups in total. The summed E-state index contributed by atoms with van der Waals surface area (Å²) in [5, 5.41) is 9.25. The number of carbonyl (C=O) groups is 1. The fourth-order valence-corrected chi connectivity index (χ4v) is 2.84. The van der Waals surface area contributed by atoms with Gasteiger partial charge in [-0.2, -0.15) is 11.8 Å². The van der Waals surface area contributed by atoms with Gasteiger partial charge in [0.1, 0.15) is 0 Å². The molecule has 0 spiro atoms. The Morgan fingerprint density at radius 2 is 2.57 bits per heavy atom. The van der Waals surface area contributed by atoms with E-state index in [2.05, 4.69) is 9.97 Å². The molecule has 1 aliphatic heterocycles. The van der Waals surface area contributed by atoms with E-state index in [0.717, 1.165) is 34.5 Å². The normalized spacial score (nSPS) is 15.1. The van der Waals surface area contributed by atoms with Crippen molar-refractivity contribution in [2.45, 2.75) is 17.3 Å². The van der Waals surface area contributed by atoms with Crippen LogP contribution in [0.3, 0.4) is 0 Å². The van der Waals surface area contributed by atoms with Crippen molar-refractivity contribution in [2.24, 2.45) is 0 Å². The molecule has 0 saturated carbocycles. The third-order valence-corrected chi connectivity index (χ3v) is 3.75. The van der Waals surface area contributed by atoms with E-state index in [1.54, 1.807) is 0 Å². The number of carboxylic acids is 1. The van der Waals surface area contributed by atoms with Crippen molar-refractivity contribution in [3.05, 3.63) is 11.4 Å². The van der Waals surface area contributed by atoms with Crippen molar-refractivity contribution in [3.63, 3.8) is 0 Å². The number of fused-ring (bicyclic) bond motifs is 1. The van der Waals surface area contributed by atoms with E-state index < -0.39 is 5.97 Å². The second kappa shape index (κ2) is 4.27. The van der Waals surface area contributed by atoms with Crippen LogP contribution in [-0.4, -0.2) is 32.5 Å². The van der Waals surface area contributed by atoms with Gasteiger partial charge in [0, 0.05) is 17.9 Å². The average molecular weight is 230 g/mol. The monoisotopic (exact) mass is 230 g/mol. The molecule has 1 aromatic heterocycles. The van der Waals surface area contributed by atoms with Crippen LogP contribution in [0.1, 0.15) is 11.4 Å². The maximum absolute atomic E-state index is 10.3. The van der Waals surface area contributed by atoms with Crippen LogP contribution in [0, 0.1) is 0 Å². The molecule has 0 unspecified atom stereocenters. The number of aromatic nitrogens is 2. The number of thioether (sulfide) groups is 2. The molecule has 1 aliphatic rings. The van der Waals surface area contributed by atoms with Crippen LogP contribution >= 0.6 is 23.5 Å². The van der Waals surface area contributed by atoms with Gasteiger partial charge in [-0.3, -0.25) is 4.79 Å². The second-order valence-electron chi connectivity index (χ2n) is 2.95. The predicted octanol–water partition coefficient (Wildman–Crippen LogP) is 1.38. The number of aryl methyl sites for hydroxylation is 1. The first-order valence-electron chi connectivity index (χ1n) is 4.26. The van der Waals surface area contributed by atoms with E-state index in [-0.39, 0.29) is 5.75 Å². The molecule has 0 bridgehead atoms. The summed E-state index contributed by atoms with van der Waals surface area (Å²) in [6.07, 6.45) is 0.990. The van der Waals surface area contributed by atoms with Crippen molar-refractivity contribution >= 4 is 29.5 Å². The average Bonchev–Trinajstić information content (AvgIpc) is 2.57. The highest BCUT2D eigenvalue weighted by molar-refractivity contribution is 7.99. The molecular weight excluding hydrogens is 220 g/mol. The van der Waals surface area contributed by atoms with Crippen LogP contribution in [0.4, 0.5) is 0 Å². The quantitative estimate of drug-likeness (QED) is 0.768. The third-order valence-electron chi connectivity index (χ3n) is 1.90. The molecule has 6 heteroatoms. The molecule has 0 atom stereocenters. The largest absolute Gasteiger partial charge is 0.481 e. The zero-order valence-electron chi connectivity index (χ0n) is 7.45. The summed E-state index contributed by atoms with van der Waals surface area (Å²) in [7, 11) is 0. The van der Waals surface area contributed by atoms with Crippen LogP contribution in [0.25, 0.3) is 0 Å². The minimum Gasteiger partial charge on any atom is -0.481 e. The highest BCUT2D eigenvalue weighted by Gasteiger charge is 2.15. The standard InChI is InChI=1S/C8H10N2O2S2/c11-7(12)4-14-8-9-5-1-2-13-3-6(5)10-8/h1-4H2,(H,9,10)(H,11,12). The SMILES string of the molecule is O=C(O)CSc1nc2c([nH]1)CSCC2. The van der Waals surface area contributed by atoms with Crippen LogP contribution in [0.2, 0.25) is 0 Å². The molecule has 14 heavy (non-hydrogen) atoms. The summed E-state index contributed by atoms with van der Waals surface area (Å²) < 4.78 is 0. The molecule has 0 amide bonds. The molecular formula is C8H10N2O2S2. The smallest absolute Gasteiger partial charge is 0.313 e. The Balaban J connectivity index is 2.04. The lowest BCUT2D eigenvalue weighted by Gasteiger charge is -2.07. The molecule has 0 saturated heterocycles. The van der Waals surface area contributed by atoms with Crippen molar-refractivity contribution in [1.82, 2.24) is 9.97 Å². The van der Waals surface area contributed by atoms with Gasteiger partial charge >= 0.3 is 5.97 Å². The van der Waals surface area contributed by atoms with Gasteiger partial charge in [-0.15, -0.1) is 0 Å². The summed E-state index contributed by atoms with van der Waals surface area (Å²) >= 11 is 3.13. The van der Waals surface area contributed by atoms with Crippen molar-refractivity contribution in [1.29, 1.82) is 0 Å². The predicted molar refractivity (Wildman–Crippen MR) is 56.8 cm³/mol. The number of hydrogen-bond donors (Lipinski definition) is 2. The molecule has 76 valence electrons. The number of nitrogens with one attached hydrogen (secondary N) is 1. The Morgan fingerprint density at radius 3 is 3.29 bits per heavy atom. The van der Waals surface area contributed by atoms with Gasteiger partial charge in [-0.25, -0.2) is 4.98 Å². The summed E-state index contributed by atoms with van der Waals surface area (Å²) in [5.74, 6) is 1.34. The number of aliphatic carboxylic acids is 1. The minimum absolute atomic E-state index is 0.0690. The molecule has 4 nitrogen and oxygen atoms in total. The molecule has 0 radical (unpaired) electrons. The first-order valence-corrected chi connectivity index (χ1v) is 6.40. The number of imidazole rings is 1. The van der Waals surface area contributed by atoms with Crippen molar-refractivity contribution < 1.29 is 9.90 Å². The maximum atomic E-state index is 10.3. The fourth-order valence-electron chi connectivity index (χ4n) is 1.29. The van der Waals surface area contributed by atoms with E-state index in [1.165, 1.54) is 11.8 Å². The molecule has 2 rings (SSSR count). The van der Waals surface area contributed by atoms with Gasteiger partial charge in [0.2, 0.25) is 0 Å². The maximum Gasteiger partial charge on any atom is 0.313 e.